The summed E-state index contributed by atoms with van der Waals surface area (Å²) in [6.07, 6.45) is 11.8. The summed E-state index contributed by atoms with van der Waals surface area (Å²) in [5.74, 6) is 0. The number of hydrogen-bond acceptors (Lipinski definition) is 7. The van der Waals surface area contributed by atoms with Crippen molar-refractivity contribution in [1.29, 1.82) is 0 Å². The summed E-state index contributed by atoms with van der Waals surface area (Å²) in [5.41, 5.74) is 0. The van der Waals surface area contributed by atoms with Gasteiger partial charge < -0.3 is 9.84 Å². The maximum Gasteiger partial charge on any atom is 0.542 e. The Labute approximate surface area is 143 Å². The fourth-order valence-corrected chi connectivity index (χ4v) is 2.21. The van der Waals surface area contributed by atoms with Crippen molar-refractivity contribution >= 4 is 12.3 Å². The highest BCUT2D eigenvalue weighted by Crippen LogP contribution is 2.11. The van der Waals surface area contributed by atoms with Crippen molar-refractivity contribution in [2.75, 3.05) is 6.61 Å². The van der Waals surface area contributed by atoms with Gasteiger partial charge in [-0.2, -0.15) is 0 Å². The molecular weight excluding hydrogens is 320 g/mol. The first-order chi connectivity index (χ1) is 11.7. The summed E-state index contributed by atoms with van der Waals surface area (Å²) < 4.78 is 4.67. The lowest BCUT2D eigenvalue weighted by atomic mass is 10.1. The lowest BCUT2D eigenvalue weighted by Gasteiger charge is -2.04. The lowest BCUT2D eigenvalue weighted by molar-refractivity contribution is -0.600. The molecule has 0 atom stereocenters. The van der Waals surface area contributed by atoms with Crippen LogP contribution < -0.4 is 0 Å². The summed E-state index contributed by atoms with van der Waals surface area (Å²) in [5, 5.41) is 15.3. The molecule has 0 aromatic rings. The van der Waals surface area contributed by atoms with Crippen LogP contribution in [0.5, 0.6) is 0 Å². The van der Waals surface area contributed by atoms with Gasteiger partial charge in [-0.1, -0.05) is 77.6 Å². The van der Waals surface area contributed by atoms with Crippen LogP contribution in [-0.4, -0.2) is 24.0 Å². The Bertz CT molecular complexity index is 308. The highest BCUT2D eigenvalue weighted by molar-refractivity contribution is 5.58. The van der Waals surface area contributed by atoms with Crippen molar-refractivity contribution in [3.8, 4) is 0 Å². The molecule has 0 amide bonds. The molecule has 0 bridgehead atoms. The van der Waals surface area contributed by atoms with Gasteiger partial charge in [0.15, 0.2) is 0 Å². The van der Waals surface area contributed by atoms with E-state index >= 15 is 0 Å². The zero-order chi connectivity index (χ0) is 17.9. The Morgan fingerprint density at radius 3 is 1.67 bits per heavy atom. The number of carbonyl (C=O) groups excluding carboxylic acids is 1. The third-order valence-electron chi connectivity index (χ3n) is 3.45. The van der Waals surface area contributed by atoms with E-state index in [-0.39, 0.29) is 6.61 Å². The van der Waals surface area contributed by atoms with E-state index in [1.165, 1.54) is 57.8 Å². The highest BCUT2D eigenvalue weighted by Gasteiger charge is 2.07. The van der Waals surface area contributed by atoms with Crippen LogP contribution in [0.15, 0.2) is 0 Å². The minimum atomic E-state index is -1.73. The van der Waals surface area contributed by atoms with Gasteiger partial charge in [0.05, 0.1) is 6.61 Å². The second kappa shape index (κ2) is 17.8. The number of rotatable bonds is 16. The molecule has 8 nitrogen and oxygen atoms in total. The number of ether oxygens (including phenoxy) is 1. The first kappa shape index (κ1) is 22.5. The fourth-order valence-electron chi connectivity index (χ4n) is 2.21. The SMILES string of the molecule is CCCCCCCCCCCCCCOC(=O)OOOOC(=O)O. The molecule has 0 unspecified atom stereocenters. The van der Waals surface area contributed by atoms with Gasteiger partial charge in [0, 0.05) is 10.1 Å². The van der Waals surface area contributed by atoms with Gasteiger partial charge >= 0.3 is 12.3 Å². The first-order valence-electron chi connectivity index (χ1n) is 8.74. The Balaban J connectivity index is 3.14. The van der Waals surface area contributed by atoms with Gasteiger partial charge in [0.1, 0.15) is 0 Å². The van der Waals surface area contributed by atoms with Crippen molar-refractivity contribution < 1.29 is 39.3 Å². The van der Waals surface area contributed by atoms with E-state index in [1.807, 2.05) is 0 Å². The molecule has 0 rings (SSSR count). The van der Waals surface area contributed by atoms with E-state index in [0.29, 0.717) is 0 Å². The zero-order valence-corrected chi connectivity index (χ0v) is 14.5. The number of carbonyl (C=O) groups is 2. The van der Waals surface area contributed by atoms with Gasteiger partial charge in [0.2, 0.25) is 0 Å². The number of unbranched alkanes of at least 4 members (excludes halogenated alkanes) is 11. The van der Waals surface area contributed by atoms with E-state index in [1.54, 1.807) is 0 Å². The van der Waals surface area contributed by atoms with Gasteiger partial charge in [-0.05, 0) is 6.42 Å². The molecule has 8 heteroatoms. The normalized spacial score (nSPS) is 10.4. The van der Waals surface area contributed by atoms with E-state index in [9.17, 15) is 9.59 Å². The Morgan fingerprint density at radius 1 is 0.708 bits per heavy atom. The van der Waals surface area contributed by atoms with Crippen molar-refractivity contribution in [2.24, 2.45) is 0 Å². The summed E-state index contributed by atoms with van der Waals surface area (Å²) in [4.78, 5) is 28.2. The van der Waals surface area contributed by atoms with Crippen LogP contribution in [0, 0.1) is 0 Å². The standard InChI is InChI=1S/C16H30O8/c1-2-3-4-5-6-7-8-9-10-11-12-13-14-20-16(19)22-24-23-21-15(17)18/h2-14H2,1H3,(H,17,18). The van der Waals surface area contributed by atoms with Gasteiger partial charge in [0.25, 0.3) is 0 Å². The lowest BCUT2D eigenvalue weighted by Crippen LogP contribution is -2.11. The Morgan fingerprint density at radius 2 is 1.17 bits per heavy atom. The maximum atomic E-state index is 10.9. The van der Waals surface area contributed by atoms with Crippen molar-refractivity contribution in [3.63, 3.8) is 0 Å². The van der Waals surface area contributed by atoms with Gasteiger partial charge in [-0.3, -0.25) is 0 Å². The molecule has 0 saturated heterocycles. The Kier molecular flexibility index (Phi) is 16.7. The summed E-state index contributed by atoms with van der Waals surface area (Å²) in [6, 6.07) is 0. The van der Waals surface area contributed by atoms with Crippen LogP contribution in [0.3, 0.4) is 0 Å². The van der Waals surface area contributed by atoms with Crippen LogP contribution in [0.1, 0.15) is 84.0 Å². The topological polar surface area (TPSA) is 101 Å². The second-order valence-corrected chi connectivity index (χ2v) is 5.56. The average molecular weight is 350 g/mol. The minimum absolute atomic E-state index is 0.208. The largest absolute Gasteiger partial charge is 0.542 e. The average Bonchev–Trinajstić information content (AvgIpc) is 2.55. The molecule has 0 aliphatic rings. The molecule has 24 heavy (non-hydrogen) atoms. The van der Waals surface area contributed by atoms with Crippen molar-refractivity contribution in [2.45, 2.75) is 84.0 Å². The number of carboxylic acid groups (broad SMARTS) is 1. The molecule has 0 fully saturated rings. The van der Waals surface area contributed by atoms with E-state index in [0.717, 1.165) is 19.3 Å². The third kappa shape index (κ3) is 18.5. The monoisotopic (exact) mass is 350 g/mol. The fraction of sp³-hybridized carbons (Fsp3) is 0.875. The molecule has 0 spiro atoms. The Hall–Kier alpha value is -1.54. The van der Waals surface area contributed by atoms with Gasteiger partial charge in [-0.25, -0.2) is 19.4 Å². The zero-order valence-electron chi connectivity index (χ0n) is 14.5. The molecule has 0 aliphatic carbocycles. The van der Waals surface area contributed by atoms with Crippen LogP contribution >= 0.6 is 0 Å². The molecule has 0 radical (unpaired) electrons. The van der Waals surface area contributed by atoms with Crippen LogP contribution in [0.4, 0.5) is 9.59 Å². The summed E-state index contributed by atoms with van der Waals surface area (Å²) >= 11 is 0. The first-order valence-corrected chi connectivity index (χ1v) is 8.74. The predicted molar refractivity (Wildman–Crippen MR) is 84.8 cm³/mol. The summed E-state index contributed by atoms with van der Waals surface area (Å²) in [6.45, 7) is 2.44. The quantitative estimate of drug-likeness (QED) is 0.173. The van der Waals surface area contributed by atoms with Crippen LogP contribution in [-0.2, 0) is 24.6 Å². The van der Waals surface area contributed by atoms with Crippen LogP contribution in [0.25, 0.3) is 0 Å². The van der Waals surface area contributed by atoms with E-state index in [4.69, 9.17) is 5.11 Å². The third-order valence-corrected chi connectivity index (χ3v) is 3.45. The minimum Gasteiger partial charge on any atom is -0.448 e. The molecule has 0 saturated carbocycles. The predicted octanol–water partition coefficient (Wildman–Crippen LogP) is 5.31. The van der Waals surface area contributed by atoms with Crippen LogP contribution in [0.2, 0.25) is 0 Å². The highest BCUT2D eigenvalue weighted by atomic mass is 17.7. The molecular formula is C16H30O8. The molecule has 0 heterocycles. The molecule has 1 N–H and O–H groups in total. The second-order valence-electron chi connectivity index (χ2n) is 5.56. The summed E-state index contributed by atoms with van der Waals surface area (Å²) in [7, 11) is 0. The van der Waals surface area contributed by atoms with Crippen molar-refractivity contribution in [3.05, 3.63) is 0 Å². The molecule has 0 aliphatic heterocycles. The van der Waals surface area contributed by atoms with Gasteiger partial charge in [-0.15, -0.1) is 0 Å². The van der Waals surface area contributed by atoms with Crippen molar-refractivity contribution in [1.82, 2.24) is 0 Å². The molecule has 0 aromatic carbocycles. The molecule has 0 aromatic heterocycles. The molecule has 142 valence electrons. The van der Waals surface area contributed by atoms with E-state index in [2.05, 4.69) is 31.5 Å². The smallest absolute Gasteiger partial charge is 0.448 e. The van der Waals surface area contributed by atoms with E-state index < -0.39 is 12.3 Å². The number of hydrogen-bond donors (Lipinski definition) is 1. The maximum absolute atomic E-state index is 10.9.